The number of thiazole rings is 1. The molecule has 3 aliphatic rings. The van der Waals surface area contributed by atoms with Crippen molar-refractivity contribution in [2.45, 2.75) is 58.0 Å². The molecule has 0 spiro atoms. The minimum Gasteiger partial charge on any atom is -0.309 e. The van der Waals surface area contributed by atoms with Crippen LogP contribution in [0.4, 0.5) is 0 Å². The van der Waals surface area contributed by atoms with E-state index in [0.717, 1.165) is 42.7 Å². The molecule has 1 aromatic rings. The zero-order valence-electron chi connectivity index (χ0n) is 11.8. The van der Waals surface area contributed by atoms with E-state index < -0.39 is 0 Å². The lowest BCUT2D eigenvalue weighted by molar-refractivity contribution is 0.208. The Hall–Kier alpha value is -0.410. The summed E-state index contributed by atoms with van der Waals surface area (Å²) >= 11 is 1.88. The lowest BCUT2D eigenvalue weighted by Crippen LogP contribution is -2.38. The second-order valence-corrected chi connectivity index (χ2v) is 7.91. The number of aromatic nitrogens is 1. The van der Waals surface area contributed by atoms with E-state index in [-0.39, 0.29) is 0 Å². The predicted octanol–water partition coefficient (Wildman–Crippen LogP) is 3.62. The van der Waals surface area contributed by atoms with E-state index in [1.165, 1.54) is 42.0 Å². The topological polar surface area (TPSA) is 24.9 Å². The van der Waals surface area contributed by atoms with E-state index in [0.29, 0.717) is 0 Å². The fourth-order valence-corrected chi connectivity index (χ4v) is 5.94. The van der Waals surface area contributed by atoms with Crippen LogP contribution >= 0.6 is 11.3 Å². The summed E-state index contributed by atoms with van der Waals surface area (Å²) in [5.41, 5.74) is 0. The van der Waals surface area contributed by atoms with Crippen LogP contribution in [0, 0.1) is 23.7 Å². The van der Waals surface area contributed by atoms with E-state index in [1.807, 2.05) is 11.3 Å². The molecular weight excluding hydrogens is 252 g/mol. The Morgan fingerprint density at radius 1 is 1.26 bits per heavy atom. The van der Waals surface area contributed by atoms with Crippen LogP contribution in [0.5, 0.6) is 0 Å². The van der Waals surface area contributed by atoms with Crippen LogP contribution in [0.3, 0.4) is 0 Å². The van der Waals surface area contributed by atoms with Gasteiger partial charge in [-0.25, -0.2) is 4.98 Å². The first-order valence-corrected chi connectivity index (χ1v) is 8.83. The normalized spacial score (nSPS) is 39.9. The maximum atomic E-state index is 4.46. The first-order chi connectivity index (χ1) is 9.35. The van der Waals surface area contributed by atoms with Crippen LogP contribution < -0.4 is 5.32 Å². The Morgan fingerprint density at radius 2 is 2.16 bits per heavy atom. The van der Waals surface area contributed by atoms with Crippen LogP contribution in [-0.4, -0.2) is 11.0 Å². The molecule has 3 aliphatic carbocycles. The van der Waals surface area contributed by atoms with Gasteiger partial charge in [-0.15, -0.1) is 11.3 Å². The molecule has 1 aromatic heterocycles. The highest BCUT2D eigenvalue weighted by molar-refractivity contribution is 7.11. The number of rotatable bonds is 4. The van der Waals surface area contributed by atoms with Crippen molar-refractivity contribution in [3.63, 3.8) is 0 Å². The molecule has 5 atom stereocenters. The van der Waals surface area contributed by atoms with Gasteiger partial charge in [-0.05, 0) is 55.8 Å². The summed E-state index contributed by atoms with van der Waals surface area (Å²) in [5.74, 6) is 4.24. The summed E-state index contributed by atoms with van der Waals surface area (Å²) in [6.45, 7) is 3.23. The molecule has 2 bridgehead atoms. The van der Waals surface area contributed by atoms with Crippen LogP contribution in [0.15, 0.2) is 6.20 Å². The third-order valence-electron chi connectivity index (χ3n) is 5.87. The quantitative estimate of drug-likeness (QED) is 0.908. The molecule has 0 amide bonds. The van der Waals surface area contributed by atoms with Crippen molar-refractivity contribution in [1.29, 1.82) is 0 Å². The van der Waals surface area contributed by atoms with Gasteiger partial charge in [-0.1, -0.05) is 13.3 Å². The molecule has 4 rings (SSSR count). The molecule has 1 heterocycles. The lowest BCUT2D eigenvalue weighted by atomic mass is 9.79. The van der Waals surface area contributed by atoms with Gasteiger partial charge in [0.2, 0.25) is 0 Å². The van der Waals surface area contributed by atoms with Crippen molar-refractivity contribution in [3.8, 4) is 0 Å². The molecule has 3 fully saturated rings. The fraction of sp³-hybridized carbons (Fsp3) is 0.812. The Bertz CT molecular complexity index is 455. The maximum Gasteiger partial charge on any atom is 0.0925 e. The van der Waals surface area contributed by atoms with Crippen molar-refractivity contribution < 1.29 is 0 Å². The fourth-order valence-electron chi connectivity index (χ4n) is 5.13. The van der Waals surface area contributed by atoms with E-state index in [1.54, 1.807) is 0 Å². The molecule has 0 aromatic carbocycles. The lowest BCUT2D eigenvalue weighted by Gasteiger charge is -2.32. The van der Waals surface area contributed by atoms with Gasteiger partial charge in [0.25, 0.3) is 0 Å². The number of fused-ring (bicyclic) bond motifs is 5. The van der Waals surface area contributed by atoms with E-state index in [2.05, 4.69) is 23.4 Å². The van der Waals surface area contributed by atoms with Crippen LogP contribution in [-0.2, 0) is 13.0 Å². The first kappa shape index (κ1) is 12.3. The second-order valence-electron chi connectivity index (χ2n) is 6.72. The number of hydrogen-bond donors (Lipinski definition) is 1. The first-order valence-electron chi connectivity index (χ1n) is 8.02. The van der Waals surface area contributed by atoms with Crippen LogP contribution in [0.2, 0.25) is 0 Å². The molecule has 2 nitrogen and oxygen atoms in total. The van der Waals surface area contributed by atoms with Crippen LogP contribution in [0.25, 0.3) is 0 Å². The van der Waals surface area contributed by atoms with E-state index in [4.69, 9.17) is 0 Å². The van der Waals surface area contributed by atoms with Crippen molar-refractivity contribution in [1.82, 2.24) is 10.3 Å². The van der Waals surface area contributed by atoms with Crippen molar-refractivity contribution in [3.05, 3.63) is 16.1 Å². The van der Waals surface area contributed by atoms with Gasteiger partial charge in [-0.2, -0.15) is 0 Å². The Labute approximate surface area is 120 Å². The average Bonchev–Trinajstić information content (AvgIpc) is 3.16. The Balaban J connectivity index is 1.37. The summed E-state index contributed by atoms with van der Waals surface area (Å²) in [5, 5.41) is 5.13. The largest absolute Gasteiger partial charge is 0.309 e. The maximum absolute atomic E-state index is 4.46. The molecule has 5 unspecified atom stereocenters. The van der Waals surface area contributed by atoms with Crippen molar-refractivity contribution in [2.75, 3.05) is 0 Å². The summed E-state index contributed by atoms with van der Waals surface area (Å²) in [4.78, 5) is 5.88. The Kier molecular flexibility index (Phi) is 3.15. The summed E-state index contributed by atoms with van der Waals surface area (Å²) < 4.78 is 0. The standard InChI is InChI=1S/C16H24N2S/c1-2-16-18-9-11(19-16)8-17-15-7-10-6-14(15)13-5-3-4-12(10)13/h9-10,12-15,17H,2-8H2,1H3. The van der Waals surface area contributed by atoms with Gasteiger partial charge in [0.1, 0.15) is 0 Å². The molecule has 3 saturated carbocycles. The summed E-state index contributed by atoms with van der Waals surface area (Å²) in [7, 11) is 0. The van der Waals surface area contributed by atoms with Gasteiger partial charge >= 0.3 is 0 Å². The average molecular weight is 276 g/mol. The van der Waals surface area contributed by atoms with E-state index in [9.17, 15) is 0 Å². The molecule has 3 heteroatoms. The molecule has 104 valence electrons. The van der Waals surface area contributed by atoms with E-state index >= 15 is 0 Å². The highest BCUT2D eigenvalue weighted by Gasteiger charge is 2.53. The molecule has 19 heavy (non-hydrogen) atoms. The van der Waals surface area contributed by atoms with Crippen molar-refractivity contribution in [2.24, 2.45) is 23.7 Å². The summed E-state index contributed by atoms with van der Waals surface area (Å²) in [6, 6.07) is 0.802. The number of nitrogens with one attached hydrogen (secondary N) is 1. The summed E-state index contributed by atoms with van der Waals surface area (Å²) in [6.07, 6.45) is 10.7. The third-order valence-corrected chi connectivity index (χ3v) is 7.01. The molecule has 1 N–H and O–H groups in total. The van der Waals surface area contributed by atoms with Gasteiger partial charge < -0.3 is 5.32 Å². The molecule has 0 aliphatic heterocycles. The smallest absolute Gasteiger partial charge is 0.0925 e. The van der Waals surface area contributed by atoms with Gasteiger partial charge in [-0.3, -0.25) is 0 Å². The Morgan fingerprint density at radius 3 is 3.00 bits per heavy atom. The molecule has 0 radical (unpaired) electrons. The molecule has 0 saturated heterocycles. The SMILES string of the molecule is CCc1ncc(CNC2CC3CC2C2CCCC32)s1. The zero-order chi connectivity index (χ0) is 12.8. The minimum absolute atomic E-state index is 0.802. The van der Waals surface area contributed by atoms with Crippen LogP contribution in [0.1, 0.15) is 48.9 Å². The third kappa shape index (κ3) is 2.06. The second kappa shape index (κ2) is 4.85. The number of hydrogen-bond acceptors (Lipinski definition) is 3. The van der Waals surface area contributed by atoms with Gasteiger partial charge in [0.05, 0.1) is 5.01 Å². The number of aryl methyl sites for hydroxylation is 1. The monoisotopic (exact) mass is 276 g/mol. The highest BCUT2D eigenvalue weighted by Crippen LogP contribution is 2.58. The zero-order valence-corrected chi connectivity index (χ0v) is 12.6. The minimum atomic E-state index is 0.802. The van der Waals surface area contributed by atoms with Gasteiger partial charge in [0.15, 0.2) is 0 Å². The predicted molar refractivity (Wildman–Crippen MR) is 79.2 cm³/mol. The van der Waals surface area contributed by atoms with Gasteiger partial charge in [0, 0.05) is 23.7 Å². The van der Waals surface area contributed by atoms with Crippen molar-refractivity contribution >= 4 is 11.3 Å². The highest BCUT2D eigenvalue weighted by atomic mass is 32.1. The number of nitrogens with zero attached hydrogens (tertiary/aromatic N) is 1. The molecular formula is C16H24N2S.